The average Bonchev–Trinajstić information content (AvgIpc) is 3.44. The van der Waals surface area contributed by atoms with Gasteiger partial charge in [-0.1, -0.05) is 127 Å². The van der Waals surface area contributed by atoms with Gasteiger partial charge in [-0.05, 0) is 55.6 Å². The van der Waals surface area contributed by atoms with Crippen LogP contribution in [0.15, 0.2) is 150 Å². The maximum absolute atomic E-state index is 14.6. The molecule has 3 radical (unpaired) electrons. The standard InChI is InChI=1S/C39H39N2O4PS2.B/c1-39(30-45-2,28-27-31-17-7-3-8-18-31)47(42)40-38-35-25-15-16-26-36(35)41(48(43,44)34-23-13-6-14-24-34)37(38)29-46(32-19-9-4-10-20-32)33-21-11-5-12-22-33;/h3-26,40H,27-30H2,1-2H3;. The van der Waals surface area contributed by atoms with Crippen LogP contribution in [0.4, 0.5) is 5.69 Å². The van der Waals surface area contributed by atoms with E-state index in [0.717, 1.165) is 22.6 Å². The molecule has 6 rings (SSSR count). The molecule has 0 fully saturated rings. The Hall–Kier alpha value is -3.85. The zero-order valence-corrected chi connectivity index (χ0v) is 30.1. The molecule has 249 valence electrons. The van der Waals surface area contributed by atoms with Crippen molar-refractivity contribution in [3.63, 3.8) is 0 Å². The van der Waals surface area contributed by atoms with Crippen LogP contribution < -0.4 is 15.3 Å². The number of nitrogens with one attached hydrogen (secondary N) is 1. The molecule has 49 heavy (non-hydrogen) atoms. The molecule has 6 aromatic rings. The van der Waals surface area contributed by atoms with E-state index < -0.39 is 34.1 Å². The number of hydrogen-bond donors (Lipinski definition) is 1. The summed E-state index contributed by atoms with van der Waals surface area (Å²) < 4.78 is 53.5. The molecule has 0 saturated carbocycles. The molecule has 0 saturated heterocycles. The maximum Gasteiger partial charge on any atom is 0.268 e. The Balaban J connectivity index is 0.00000468. The van der Waals surface area contributed by atoms with Crippen LogP contribution in [0.2, 0.25) is 0 Å². The number of aryl methyl sites for hydroxylation is 1. The fourth-order valence-corrected chi connectivity index (χ4v) is 11.2. The molecule has 1 N–H and O–H groups in total. The van der Waals surface area contributed by atoms with Crippen LogP contribution in [-0.4, -0.2) is 43.8 Å². The lowest BCUT2D eigenvalue weighted by molar-refractivity contribution is 0.165. The van der Waals surface area contributed by atoms with Crippen molar-refractivity contribution >= 4 is 64.9 Å². The van der Waals surface area contributed by atoms with Gasteiger partial charge in [0.05, 0.1) is 34.1 Å². The predicted molar refractivity (Wildman–Crippen MR) is 206 cm³/mol. The molecule has 0 amide bonds. The highest BCUT2D eigenvalue weighted by Crippen LogP contribution is 2.45. The van der Waals surface area contributed by atoms with Gasteiger partial charge < -0.3 is 9.29 Å². The summed E-state index contributed by atoms with van der Waals surface area (Å²) in [7, 11) is -3.49. The first-order chi connectivity index (χ1) is 23.3. The number of methoxy groups -OCH3 is 1. The van der Waals surface area contributed by atoms with Gasteiger partial charge in [-0.25, -0.2) is 17.1 Å². The summed E-state index contributed by atoms with van der Waals surface area (Å²) in [4.78, 5) is 0.190. The van der Waals surface area contributed by atoms with Gasteiger partial charge in [0.2, 0.25) is 0 Å². The van der Waals surface area contributed by atoms with Crippen molar-refractivity contribution in [2.75, 3.05) is 18.4 Å². The van der Waals surface area contributed by atoms with Crippen molar-refractivity contribution in [1.29, 1.82) is 0 Å². The van der Waals surface area contributed by atoms with E-state index in [1.807, 2.05) is 85.8 Å². The third-order valence-electron chi connectivity index (χ3n) is 8.53. The lowest BCUT2D eigenvalue weighted by Crippen LogP contribution is -2.44. The molecule has 0 aliphatic carbocycles. The molecule has 0 aliphatic heterocycles. The molecule has 2 unspecified atom stereocenters. The van der Waals surface area contributed by atoms with Gasteiger partial charge in [-0.2, -0.15) is 0 Å². The minimum absolute atomic E-state index is 0. The van der Waals surface area contributed by atoms with Crippen LogP contribution in [0.5, 0.6) is 0 Å². The quantitative estimate of drug-likeness (QED) is 0.0734. The monoisotopic (exact) mass is 705 g/mol. The molecule has 6 nitrogen and oxygen atoms in total. The van der Waals surface area contributed by atoms with Crippen molar-refractivity contribution in [1.82, 2.24) is 3.97 Å². The first-order valence-corrected chi connectivity index (χ1v) is 20.0. The van der Waals surface area contributed by atoms with E-state index in [9.17, 15) is 13.0 Å². The van der Waals surface area contributed by atoms with E-state index in [-0.39, 0.29) is 19.9 Å². The normalized spacial score (nSPS) is 13.5. The van der Waals surface area contributed by atoms with Crippen molar-refractivity contribution < 1.29 is 17.7 Å². The molecule has 1 aromatic heterocycles. The molecule has 0 spiro atoms. The summed E-state index contributed by atoms with van der Waals surface area (Å²) in [6.45, 7) is 2.22. The third-order valence-corrected chi connectivity index (χ3v) is 14.4. The van der Waals surface area contributed by atoms with Crippen molar-refractivity contribution in [2.45, 2.75) is 35.6 Å². The first-order valence-electron chi connectivity index (χ1n) is 15.8. The fraction of sp³-hybridized carbons (Fsp3) is 0.179. The van der Waals surface area contributed by atoms with Gasteiger partial charge in [0.15, 0.2) is 4.75 Å². The number of para-hydroxylation sites is 1. The maximum atomic E-state index is 14.6. The second kappa shape index (κ2) is 16.2. The number of ether oxygens (including phenoxy) is 1. The minimum Gasteiger partial charge on any atom is -0.593 e. The van der Waals surface area contributed by atoms with E-state index in [0.29, 0.717) is 34.9 Å². The number of fused-ring (bicyclic) bond motifs is 1. The molecule has 5 aromatic carbocycles. The Morgan fingerprint density at radius 1 is 0.776 bits per heavy atom. The molecule has 0 bridgehead atoms. The van der Waals surface area contributed by atoms with E-state index in [1.54, 1.807) is 37.4 Å². The highest BCUT2D eigenvalue weighted by molar-refractivity contribution is 7.94. The molecule has 1 heterocycles. The molecule has 2 atom stereocenters. The largest absolute Gasteiger partial charge is 0.593 e. The Bertz CT molecular complexity index is 2010. The number of hydrogen-bond acceptors (Lipinski definition) is 5. The number of anilines is 1. The number of rotatable bonds is 14. The fourth-order valence-electron chi connectivity index (χ4n) is 5.98. The van der Waals surface area contributed by atoms with Crippen LogP contribution >= 0.6 is 7.92 Å². The average molecular weight is 706 g/mol. The van der Waals surface area contributed by atoms with Crippen molar-refractivity contribution in [3.05, 3.63) is 157 Å². The highest BCUT2D eigenvalue weighted by Gasteiger charge is 2.40. The van der Waals surface area contributed by atoms with Crippen LogP contribution in [0.1, 0.15) is 24.6 Å². The summed E-state index contributed by atoms with van der Waals surface area (Å²) >= 11 is -1.65. The summed E-state index contributed by atoms with van der Waals surface area (Å²) in [6, 6.07) is 46.5. The SMILES string of the molecule is COCC(C)(CCc1ccccc1)[S+]([O-])Nc1c(CP(c2ccccc2)c2ccccc2)n(S(=O)(=O)c2ccccc2)c2ccccc12.[B]. The van der Waals surface area contributed by atoms with Crippen molar-refractivity contribution in [2.24, 2.45) is 0 Å². The zero-order valence-electron chi connectivity index (χ0n) is 27.6. The molecular formula is C39H39BN2O4PS2. The van der Waals surface area contributed by atoms with Gasteiger partial charge in [0.25, 0.3) is 10.0 Å². The second-order valence-corrected chi connectivity index (χ2v) is 17.6. The number of benzene rings is 5. The summed E-state index contributed by atoms with van der Waals surface area (Å²) in [6.07, 6.45) is 1.72. The van der Waals surface area contributed by atoms with Gasteiger partial charge in [0, 0.05) is 33.5 Å². The predicted octanol–water partition coefficient (Wildman–Crippen LogP) is 7.24. The Kier molecular flexibility index (Phi) is 12.1. The molecular weight excluding hydrogens is 666 g/mol. The minimum atomic E-state index is -4.05. The topological polar surface area (TPSA) is 83.4 Å². The Labute approximate surface area is 296 Å². The van der Waals surface area contributed by atoms with E-state index >= 15 is 0 Å². The van der Waals surface area contributed by atoms with Gasteiger partial charge >= 0.3 is 0 Å². The van der Waals surface area contributed by atoms with E-state index in [1.165, 1.54) is 3.97 Å². The first kappa shape index (κ1) is 36.4. The number of nitrogens with zero attached hydrogens (tertiary/aromatic N) is 1. The molecule has 0 aliphatic rings. The zero-order chi connectivity index (χ0) is 33.6. The van der Waals surface area contributed by atoms with Crippen LogP contribution in [-0.2, 0) is 38.7 Å². The van der Waals surface area contributed by atoms with E-state index in [2.05, 4.69) is 41.1 Å². The van der Waals surface area contributed by atoms with Gasteiger partial charge in [-0.15, -0.1) is 0 Å². The molecule has 10 heteroatoms. The second-order valence-electron chi connectivity index (χ2n) is 11.9. The third kappa shape index (κ3) is 7.98. The van der Waals surface area contributed by atoms with Gasteiger partial charge in [-0.3, -0.25) is 0 Å². The van der Waals surface area contributed by atoms with Crippen molar-refractivity contribution in [3.8, 4) is 0 Å². The lowest BCUT2D eigenvalue weighted by atomic mass is 10.0. The summed E-state index contributed by atoms with van der Waals surface area (Å²) in [5.74, 6) is 0. The highest BCUT2D eigenvalue weighted by atomic mass is 32.2. The summed E-state index contributed by atoms with van der Waals surface area (Å²) in [5, 5.41) is 2.93. The smallest absolute Gasteiger partial charge is 0.268 e. The van der Waals surface area contributed by atoms with Gasteiger partial charge in [0.1, 0.15) is 5.69 Å². The lowest BCUT2D eigenvalue weighted by Gasteiger charge is -2.31. The summed E-state index contributed by atoms with van der Waals surface area (Å²) in [5.41, 5.74) is 2.81. The van der Waals surface area contributed by atoms with Crippen LogP contribution in [0.3, 0.4) is 0 Å². The van der Waals surface area contributed by atoms with E-state index in [4.69, 9.17) is 4.74 Å². The van der Waals surface area contributed by atoms with Crippen LogP contribution in [0.25, 0.3) is 10.9 Å². The Morgan fingerprint density at radius 2 is 1.29 bits per heavy atom. The Morgan fingerprint density at radius 3 is 1.86 bits per heavy atom. The van der Waals surface area contributed by atoms with Crippen LogP contribution in [0, 0.1) is 0 Å². The number of aromatic nitrogens is 1.